The minimum Gasteiger partial charge on any atom is -0.0716 e. The molecule has 0 spiro atoms. The van der Waals surface area contributed by atoms with E-state index >= 15 is 0 Å². The van der Waals surface area contributed by atoms with Crippen LogP contribution in [0.5, 0.6) is 0 Å². The van der Waals surface area contributed by atoms with Crippen LogP contribution in [0.2, 0.25) is 0 Å². The lowest BCUT2D eigenvalue weighted by atomic mass is 9.91. The average Bonchev–Trinajstić information content (AvgIpc) is 3.18. The van der Waals surface area contributed by atoms with E-state index in [0.29, 0.717) is 0 Å². The standard InChI is InChI=1S/C27H18/c1-2-8-20-18(7-1)13-15-21(20)19-14-16-26-24-11-4-3-9-22(24)23-10-5-6-12-25(23)27(26)17-19/h1-12,14-17H,13H2. The van der Waals surface area contributed by atoms with Gasteiger partial charge in [-0.05, 0) is 67.1 Å². The highest BCUT2D eigenvalue weighted by Crippen LogP contribution is 2.38. The van der Waals surface area contributed by atoms with Gasteiger partial charge in [-0.25, -0.2) is 0 Å². The lowest BCUT2D eigenvalue weighted by Gasteiger charge is -2.13. The van der Waals surface area contributed by atoms with Gasteiger partial charge in [0.15, 0.2) is 0 Å². The number of hydrogen-bond donors (Lipinski definition) is 0. The molecule has 0 fully saturated rings. The molecule has 0 bridgehead atoms. The Labute approximate surface area is 158 Å². The Bertz CT molecular complexity index is 1350. The highest BCUT2D eigenvalue weighted by Gasteiger charge is 2.16. The number of hydrogen-bond acceptors (Lipinski definition) is 0. The Kier molecular flexibility index (Phi) is 3.04. The fourth-order valence-corrected chi connectivity index (χ4v) is 4.63. The van der Waals surface area contributed by atoms with E-state index in [1.165, 1.54) is 54.6 Å². The highest BCUT2D eigenvalue weighted by molar-refractivity contribution is 6.25. The van der Waals surface area contributed by atoms with Crippen LogP contribution >= 0.6 is 0 Å². The molecular weight excluding hydrogens is 324 g/mol. The molecular formula is C27H18. The number of allylic oxidation sites excluding steroid dienone is 1. The normalized spacial score (nSPS) is 13.3. The third-order valence-corrected chi connectivity index (χ3v) is 5.89. The van der Waals surface area contributed by atoms with E-state index in [4.69, 9.17) is 0 Å². The van der Waals surface area contributed by atoms with Crippen molar-refractivity contribution in [3.05, 3.63) is 114 Å². The van der Waals surface area contributed by atoms with E-state index < -0.39 is 0 Å². The third-order valence-electron chi connectivity index (χ3n) is 5.89. The summed E-state index contributed by atoms with van der Waals surface area (Å²) in [6, 6.07) is 33.3. The molecule has 0 N–H and O–H groups in total. The number of rotatable bonds is 1. The van der Waals surface area contributed by atoms with Crippen LogP contribution < -0.4 is 0 Å². The summed E-state index contributed by atoms with van der Waals surface area (Å²) >= 11 is 0. The summed E-state index contributed by atoms with van der Waals surface area (Å²) in [4.78, 5) is 0. The van der Waals surface area contributed by atoms with Crippen LogP contribution in [-0.2, 0) is 6.42 Å². The SMILES string of the molecule is C1=C(c2ccc3c4ccccc4c4ccccc4c3c2)c2ccccc2C1. The molecule has 0 aliphatic heterocycles. The zero-order chi connectivity index (χ0) is 17.8. The molecule has 1 aliphatic carbocycles. The molecule has 5 aromatic carbocycles. The first-order chi connectivity index (χ1) is 13.4. The van der Waals surface area contributed by atoms with Gasteiger partial charge in [0.25, 0.3) is 0 Å². The fraction of sp³-hybridized carbons (Fsp3) is 0.0370. The van der Waals surface area contributed by atoms with Crippen molar-refractivity contribution in [2.45, 2.75) is 6.42 Å². The maximum Gasteiger partial charge on any atom is -0.00819 e. The molecule has 0 unspecified atom stereocenters. The molecule has 1 aliphatic rings. The zero-order valence-corrected chi connectivity index (χ0v) is 14.9. The van der Waals surface area contributed by atoms with Crippen LogP contribution in [0.15, 0.2) is 97.1 Å². The third kappa shape index (κ3) is 2.10. The fourth-order valence-electron chi connectivity index (χ4n) is 4.63. The smallest absolute Gasteiger partial charge is 0.00819 e. The van der Waals surface area contributed by atoms with Crippen LogP contribution in [0.3, 0.4) is 0 Å². The van der Waals surface area contributed by atoms with Crippen LogP contribution in [0, 0.1) is 0 Å². The van der Waals surface area contributed by atoms with Gasteiger partial charge >= 0.3 is 0 Å². The minimum atomic E-state index is 1.03. The molecule has 0 radical (unpaired) electrons. The van der Waals surface area contributed by atoms with Crippen molar-refractivity contribution in [3.63, 3.8) is 0 Å². The summed E-state index contributed by atoms with van der Waals surface area (Å²) in [5, 5.41) is 8.00. The molecule has 0 aromatic heterocycles. The maximum atomic E-state index is 2.39. The molecule has 0 saturated carbocycles. The second-order valence-corrected chi connectivity index (χ2v) is 7.33. The lowest BCUT2D eigenvalue weighted by Crippen LogP contribution is -1.89. The molecule has 0 heteroatoms. The monoisotopic (exact) mass is 342 g/mol. The van der Waals surface area contributed by atoms with E-state index in [-0.39, 0.29) is 0 Å². The molecule has 5 aromatic rings. The Morgan fingerprint density at radius 3 is 1.74 bits per heavy atom. The van der Waals surface area contributed by atoms with Gasteiger partial charge in [0, 0.05) is 0 Å². The molecule has 126 valence electrons. The first-order valence-corrected chi connectivity index (χ1v) is 9.52. The van der Waals surface area contributed by atoms with Gasteiger partial charge in [0.1, 0.15) is 0 Å². The van der Waals surface area contributed by atoms with Crippen LogP contribution in [0.4, 0.5) is 0 Å². The summed E-state index contributed by atoms with van der Waals surface area (Å²) in [5.41, 5.74) is 5.48. The molecule has 27 heavy (non-hydrogen) atoms. The maximum absolute atomic E-state index is 2.39. The van der Waals surface area contributed by atoms with E-state index in [0.717, 1.165) is 6.42 Å². The second-order valence-electron chi connectivity index (χ2n) is 7.33. The van der Waals surface area contributed by atoms with Gasteiger partial charge in [-0.1, -0.05) is 91.0 Å². The number of fused-ring (bicyclic) bond motifs is 7. The van der Waals surface area contributed by atoms with E-state index in [2.05, 4.69) is 97.1 Å². The molecule has 6 rings (SSSR count). The van der Waals surface area contributed by atoms with Crippen molar-refractivity contribution in [3.8, 4) is 0 Å². The van der Waals surface area contributed by atoms with Gasteiger partial charge in [0.2, 0.25) is 0 Å². The van der Waals surface area contributed by atoms with Gasteiger partial charge in [-0.2, -0.15) is 0 Å². The average molecular weight is 342 g/mol. The summed E-state index contributed by atoms with van der Waals surface area (Å²) in [5.74, 6) is 0. The van der Waals surface area contributed by atoms with Crippen LogP contribution in [0.25, 0.3) is 37.9 Å². The Morgan fingerprint density at radius 1 is 0.481 bits per heavy atom. The summed E-state index contributed by atoms with van der Waals surface area (Å²) in [6.07, 6.45) is 3.40. The predicted molar refractivity (Wildman–Crippen MR) is 116 cm³/mol. The van der Waals surface area contributed by atoms with Crippen LogP contribution in [0.1, 0.15) is 16.7 Å². The van der Waals surface area contributed by atoms with E-state index in [1.54, 1.807) is 0 Å². The van der Waals surface area contributed by atoms with Gasteiger partial charge in [-0.3, -0.25) is 0 Å². The first kappa shape index (κ1) is 14.8. The Morgan fingerprint density at radius 2 is 1.04 bits per heavy atom. The number of benzene rings is 5. The van der Waals surface area contributed by atoms with E-state index in [9.17, 15) is 0 Å². The quantitative estimate of drug-likeness (QED) is 0.284. The Hall–Kier alpha value is -3.38. The van der Waals surface area contributed by atoms with Crippen molar-refractivity contribution < 1.29 is 0 Å². The van der Waals surface area contributed by atoms with Crippen molar-refractivity contribution >= 4 is 37.9 Å². The van der Waals surface area contributed by atoms with Gasteiger partial charge in [0.05, 0.1) is 0 Å². The van der Waals surface area contributed by atoms with Crippen molar-refractivity contribution in [1.29, 1.82) is 0 Å². The molecule has 0 amide bonds. The topological polar surface area (TPSA) is 0 Å². The second kappa shape index (κ2) is 5.56. The molecule has 0 atom stereocenters. The highest BCUT2D eigenvalue weighted by atomic mass is 14.2. The summed E-state index contributed by atoms with van der Waals surface area (Å²) in [6.45, 7) is 0. The zero-order valence-electron chi connectivity index (χ0n) is 14.9. The van der Waals surface area contributed by atoms with Crippen LogP contribution in [-0.4, -0.2) is 0 Å². The van der Waals surface area contributed by atoms with Crippen molar-refractivity contribution in [1.82, 2.24) is 0 Å². The largest absolute Gasteiger partial charge is 0.0716 e. The summed E-state index contributed by atoms with van der Waals surface area (Å²) < 4.78 is 0. The molecule has 0 heterocycles. The van der Waals surface area contributed by atoms with Gasteiger partial charge in [-0.15, -0.1) is 0 Å². The van der Waals surface area contributed by atoms with Crippen molar-refractivity contribution in [2.24, 2.45) is 0 Å². The predicted octanol–water partition coefficient (Wildman–Crippen LogP) is 7.13. The van der Waals surface area contributed by atoms with E-state index in [1.807, 2.05) is 0 Å². The van der Waals surface area contributed by atoms with Gasteiger partial charge < -0.3 is 0 Å². The minimum absolute atomic E-state index is 1.03. The first-order valence-electron chi connectivity index (χ1n) is 9.52. The van der Waals surface area contributed by atoms with Crippen molar-refractivity contribution in [2.75, 3.05) is 0 Å². The summed E-state index contributed by atoms with van der Waals surface area (Å²) in [7, 11) is 0. The molecule has 0 saturated heterocycles. The molecule has 0 nitrogen and oxygen atoms in total. The Balaban J connectivity index is 1.70. The lowest BCUT2D eigenvalue weighted by molar-refractivity contribution is 1.31.